The molecule has 2 nitrogen and oxygen atoms in total. The van der Waals surface area contributed by atoms with E-state index in [4.69, 9.17) is 5.84 Å². The predicted octanol–water partition coefficient (Wildman–Crippen LogP) is 3.14. The first-order chi connectivity index (χ1) is 9.69. The summed E-state index contributed by atoms with van der Waals surface area (Å²) in [4.78, 5) is 0. The Labute approximate surface area is 119 Å². The van der Waals surface area contributed by atoms with Gasteiger partial charge in [-0.25, -0.2) is 4.39 Å². The van der Waals surface area contributed by atoms with Crippen molar-refractivity contribution < 1.29 is 4.39 Å². The van der Waals surface area contributed by atoms with Crippen LogP contribution in [0.1, 0.15) is 23.1 Å². The normalized spacial score (nSPS) is 12.3. The number of rotatable bonds is 6. The summed E-state index contributed by atoms with van der Waals surface area (Å²) in [5.41, 5.74) is 6.04. The van der Waals surface area contributed by atoms with Gasteiger partial charge in [-0.3, -0.25) is 11.3 Å². The molecule has 20 heavy (non-hydrogen) atoms. The maximum absolute atomic E-state index is 13.6. The topological polar surface area (TPSA) is 38.0 Å². The molecule has 0 spiro atoms. The zero-order valence-corrected chi connectivity index (χ0v) is 11.8. The molecule has 2 rings (SSSR count). The average Bonchev–Trinajstić information content (AvgIpc) is 2.47. The number of hydrogen-bond acceptors (Lipinski definition) is 2. The Morgan fingerprint density at radius 1 is 1.10 bits per heavy atom. The highest BCUT2D eigenvalue weighted by Gasteiger charge is 2.10. The molecule has 0 aliphatic carbocycles. The van der Waals surface area contributed by atoms with Crippen molar-refractivity contribution in [1.29, 1.82) is 0 Å². The van der Waals surface area contributed by atoms with E-state index in [9.17, 15) is 4.39 Å². The van der Waals surface area contributed by atoms with Crippen LogP contribution in [0.4, 0.5) is 4.39 Å². The Bertz CT molecular complexity index is 537. The molecule has 0 amide bonds. The standard InChI is InChI=1S/C17H21FN2/c1-13-6-8-14(9-7-13)10-11-16(20-19)12-15-4-2-3-5-17(15)18/h2-9,16,20H,10-12,19H2,1H3. The van der Waals surface area contributed by atoms with E-state index in [0.29, 0.717) is 12.0 Å². The summed E-state index contributed by atoms with van der Waals surface area (Å²) in [6.07, 6.45) is 2.42. The van der Waals surface area contributed by atoms with Crippen LogP contribution in [-0.4, -0.2) is 6.04 Å². The summed E-state index contributed by atoms with van der Waals surface area (Å²) in [6, 6.07) is 15.4. The van der Waals surface area contributed by atoms with E-state index < -0.39 is 0 Å². The Balaban J connectivity index is 1.92. The molecule has 0 radical (unpaired) electrons. The minimum Gasteiger partial charge on any atom is -0.271 e. The minimum absolute atomic E-state index is 0.0770. The molecule has 0 saturated carbocycles. The quantitative estimate of drug-likeness (QED) is 0.626. The monoisotopic (exact) mass is 272 g/mol. The molecule has 1 unspecified atom stereocenters. The Morgan fingerprint density at radius 3 is 2.45 bits per heavy atom. The molecule has 0 bridgehead atoms. The van der Waals surface area contributed by atoms with Gasteiger partial charge in [-0.15, -0.1) is 0 Å². The minimum atomic E-state index is -0.164. The summed E-state index contributed by atoms with van der Waals surface area (Å²) in [5, 5.41) is 0. The van der Waals surface area contributed by atoms with Crippen molar-refractivity contribution in [3.63, 3.8) is 0 Å². The average molecular weight is 272 g/mol. The van der Waals surface area contributed by atoms with Crippen LogP contribution in [0, 0.1) is 12.7 Å². The lowest BCUT2D eigenvalue weighted by atomic mass is 9.99. The molecule has 0 heterocycles. The zero-order chi connectivity index (χ0) is 14.4. The largest absolute Gasteiger partial charge is 0.271 e. The first-order valence-corrected chi connectivity index (χ1v) is 6.94. The summed E-state index contributed by atoms with van der Waals surface area (Å²) in [6.45, 7) is 2.08. The van der Waals surface area contributed by atoms with Crippen molar-refractivity contribution >= 4 is 0 Å². The molecule has 0 aromatic heterocycles. The summed E-state index contributed by atoms with van der Waals surface area (Å²) in [7, 11) is 0. The Kier molecular flexibility index (Phi) is 5.27. The van der Waals surface area contributed by atoms with E-state index in [1.54, 1.807) is 6.07 Å². The highest BCUT2D eigenvalue weighted by atomic mass is 19.1. The zero-order valence-electron chi connectivity index (χ0n) is 11.8. The maximum atomic E-state index is 13.6. The van der Waals surface area contributed by atoms with Crippen LogP contribution in [0.15, 0.2) is 48.5 Å². The lowest BCUT2D eigenvalue weighted by Crippen LogP contribution is -2.37. The van der Waals surface area contributed by atoms with Crippen molar-refractivity contribution in [2.45, 2.75) is 32.2 Å². The molecular weight excluding hydrogens is 251 g/mol. The highest BCUT2D eigenvalue weighted by Crippen LogP contribution is 2.13. The third kappa shape index (κ3) is 4.15. The number of aryl methyl sites for hydroxylation is 2. The number of nitrogens with two attached hydrogens (primary N) is 1. The Hall–Kier alpha value is -1.71. The Morgan fingerprint density at radius 2 is 1.80 bits per heavy atom. The van der Waals surface area contributed by atoms with E-state index in [0.717, 1.165) is 12.8 Å². The number of benzene rings is 2. The van der Waals surface area contributed by atoms with Crippen molar-refractivity contribution in [2.24, 2.45) is 5.84 Å². The maximum Gasteiger partial charge on any atom is 0.126 e. The van der Waals surface area contributed by atoms with Crippen LogP contribution in [0.5, 0.6) is 0 Å². The molecular formula is C17H21FN2. The third-order valence-corrected chi connectivity index (χ3v) is 3.56. The second-order valence-electron chi connectivity index (χ2n) is 5.18. The number of hydrogen-bond donors (Lipinski definition) is 2. The number of hydrazine groups is 1. The van der Waals surface area contributed by atoms with Crippen molar-refractivity contribution in [1.82, 2.24) is 5.43 Å². The number of nitrogens with one attached hydrogen (secondary N) is 1. The highest BCUT2D eigenvalue weighted by molar-refractivity contribution is 5.22. The lowest BCUT2D eigenvalue weighted by Gasteiger charge is -2.16. The van der Waals surface area contributed by atoms with Gasteiger partial charge in [0.1, 0.15) is 5.82 Å². The van der Waals surface area contributed by atoms with Gasteiger partial charge in [0.2, 0.25) is 0 Å². The fraction of sp³-hybridized carbons (Fsp3) is 0.294. The molecule has 0 aliphatic rings. The summed E-state index contributed by atoms with van der Waals surface area (Å²) in [5.74, 6) is 5.42. The van der Waals surface area contributed by atoms with Crippen molar-refractivity contribution in [3.8, 4) is 0 Å². The van der Waals surface area contributed by atoms with Crippen LogP contribution < -0.4 is 11.3 Å². The van der Waals surface area contributed by atoms with Gasteiger partial charge >= 0.3 is 0 Å². The van der Waals surface area contributed by atoms with Crippen molar-refractivity contribution in [3.05, 3.63) is 71.0 Å². The fourth-order valence-electron chi connectivity index (χ4n) is 2.27. The van der Waals surface area contributed by atoms with Gasteiger partial charge in [-0.1, -0.05) is 48.0 Å². The van der Waals surface area contributed by atoms with E-state index in [-0.39, 0.29) is 11.9 Å². The van der Waals surface area contributed by atoms with Crippen LogP contribution in [0.25, 0.3) is 0 Å². The molecule has 3 heteroatoms. The smallest absolute Gasteiger partial charge is 0.126 e. The van der Waals surface area contributed by atoms with Gasteiger partial charge in [0.05, 0.1) is 0 Å². The predicted molar refractivity (Wildman–Crippen MR) is 80.7 cm³/mol. The van der Waals surface area contributed by atoms with Gasteiger partial charge in [0, 0.05) is 6.04 Å². The molecule has 1 atom stereocenters. The van der Waals surface area contributed by atoms with Gasteiger partial charge in [-0.05, 0) is 43.4 Å². The van der Waals surface area contributed by atoms with E-state index in [2.05, 4.69) is 36.6 Å². The molecule has 2 aromatic carbocycles. The van der Waals surface area contributed by atoms with Gasteiger partial charge in [0.25, 0.3) is 0 Å². The van der Waals surface area contributed by atoms with Crippen LogP contribution in [-0.2, 0) is 12.8 Å². The lowest BCUT2D eigenvalue weighted by molar-refractivity contribution is 0.480. The van der Waals surface area contributed by atoms with Crippen LogP contribution >= 0.6 is 0 Å². The molecule has 2 aromatic rings. The second-order valence-corrected chi connectivity index (χ2v) is 5.18. The van der Waals surface area contributed by atoms with Crippen LogP contribution in [0.3, 0.4) is 0 Å². The molecule has 0 fully saturated rings. The second kappa shape index (κ2) is 7.17. The SMILES string of the molecule is Cc1ccc(CCC(Cc2ccccc2F)NN)cc1. The number of halogens is 1. The first-order valence-electron chi connectivity index (χ1n) is 6.94. The summed E-state index contributed by atoms with van der Waals surface area (Å²) < 4.78 is 13.6. The van der Waals surface area contributed by atoms with Gasteiger partial charge in [-0.2, -0.15) is 0 Å². The fourth-order valence-corrected chi connectivity index (χ4v) is 2.27. The van der Waals surface area contributed by atoms with E-state index >= 15 is 0 Å². The molecule has 106 valence electrons. The van der Waals surface area contributed by atoms with E-state index in [1.165, 1.54) is 17.2 Å². The van der Waals surface area contributed by atoms with Crippen LogP contribution in [0.2, 0.25) is 0 Å². The van der Waals surface area contributed by atoms with Gasteiger partial charge < -0.3 is 0 Å². The van der Waals surface area contributed by atoms with Gasteiger partial charge in [0.15, 0.2) is 0 Å². The first kappa shape index (κ1) is 14.7. The van der Waals surface area contributed by atoms with Crippen molar-refractivity contribution in [2.75, 3.05) is 0 Å². The molecule has 0 saturated heterocycles. The molecule has 3 N–H and O–H groups in total. The summed E-state index contributed by atoms with van der Waals surface area (Å²) >= 11 is 0. The third-order valence-electron chi connectivity index (χ3n) is 3.56. The molecule has 0 aliphatic heterocycles. The van der Waals surface area contributed by atoms with E-state index in [1.807, 2.05) is 12.1 Å².